The van der Waals surface area contributed by atoms with Gasteiger partial charge in [0.2, 0.25) is 0 Å². The minimum atomic E-state index is -4.42. The summed E-state index contributed by atoms with van der Waals surface area (Å²) in [4.78, 5) is 3.85. The van der Waals surface area contributed by atoms with Gasteiger partial charge in [0.1, 0.15) is 0 Å². The highest BCUT2D eigenvalue weighted by Gasteiger charge is 2.36. The summed E-state index contributed by atoms with van der Waals surface area (Å²) < 4.78 is 47.9. The maximum absolute atomic E-state index is 12.5. The Kier molecular flexibility index (Phi) is 6.18. The Morgan fingerprint density at radius 1 is 1.37 bits per heavy atom. The van der Waals surface area contributed by atoms with Crippen LogP contribution in [0.2, 0.25) is 0 Å². The summed E-state index contributed by atoms with van der Waals surface area (Å²) in [5.74, 6) is 0. The van der Waals surface area contributed by atoms with E-state index < -0.39 is 23.5 Å². The van der Waals surface area contributed by atoms with Crippen LogP contribution in [0.4, 0.5) is 13.2 Å². The van der Waals surface area contributed by atoms with Gasteiger partial charge in [-0.3, -0.25) is 0 Å². The highest BCUT2D eigenvalue weighted by molar-refractivity contribution is 7.11. The van der Waals surface area contributed by atoms with Gasteiger partial charge >= 0.3 is 6.18 Å². The van der Waals surface area contributed by atoms with E-state index in [0.717, 1.165) is 6.42 Å². The molecule has 0 saturated heterocycles. The first-order chi connectivity index (χ1) is 8.93. The number of rotatable bonds is 7. The smallest absolute Gasteiger partial charge is 0.354 e. The van der Waals surface area contributed by atoms with Gasteiger partial charge in [-0.1, -0.05) is 6.92 Å². The highest BCUT2D eigenvalue weighted by atomic mass is 32.1. The topological polar surface area (TPSA) is 43.4 Å². The first-order valence-corrected chi connectivity index (χ1v) is 6.57. The van der Waals surface area contributed by atoms with Crippen molar-refractivity contribution in [3.8, 4) is 0 Å². The van der Waals surface area contributed by atoms with Crippen molar-refractivity contribution in [2.24, 2.45) is 0 Å². The van der Waals surface area contributed by atoms with Crippen molar-refractivity contribution in [3.63, 3.8) is 0 Å². The number of ether oxygens (including phenoxy) is 2. The summed E-state index contributed by atoms with van der Waals surface area (Å²) in [7, 11) is 2.89. The van der Waals surface area contributed by atoms with E-state index in [1.807, 2.05) is 6.92 Å². The minimum Gasteiger partial charge on any atom is -0.354 e. The second kappa shape index (κ2) is 7.18. The lowest BCUT2D eigenvalue weighted by Crippen LogP contribution is -2.34. The second-order valence-corrected chi connectivity index (χ2v) is 4.90. The lowest BCUT2D eigenvalue weighted by atomic mass is 10.2. The van der Waals surface area contributed by atoms with Crippen LogP contribution < -0.4 is 5.32 Å². The molecular formula is C11H17F3N2O2S. The standard InChI is InChI=1S/C11H17F3N2O2S/c1-4-5-15-8(9(17-2)18-3)7-6-16-10(19-7)11(12,13)14/h6,8-9,15H,4-5H2,1-3H3. The average Bonchev–Trinajstić information content (AvgIpc) is 2.83. The van der Waals surface area contributed by atoms with Crippen molar-refractivity contribution < 1.29 is 22.6 Å². The molecule has 0 fully saturated rings. The maximum Gasteiger partial charge on any atom is 0.443 e. The van der Waals surface area contributed by atoms with Gasteiger partial charge in [0.15, 0.2) is 11.3 Å². The molecule has 110 valence electrons. The van der Waals surface area contributed by atoms with Crippen LogP contribution in [0.25, 0.3) is 0 Å². The van der Waals surface area contributed by atoms with Gasteiger partial charge in [0.25, 0.3) is 0 Å². The molecule has 1 N–H and O–H groups in total. The van der Waals surface area contributed by atoms with Gasteiger partial charge in [0.05, 0.1) is 6.04 Å². The van der Waals surface area contributed by atoms with Crippen LogP contribution in [0.3, 0.4) is 0 Å². The lowest BCUT2D eigenvalue weighted by molar-refractivity contribution is -0.137. The SMILES string of the molecule is CCCNC(c1cnc(C(F)(F)F)s1)C(OC)OC. The molecule has 8 heteroatoms. The fraction of sp³-hybridized carbons (Fsp3) is 0.727. The summed E-state index contributed by atoms with van der Waals surface area (Å²) in [6, 6.07) is -0.469. The van der Waals surface area contributed by atoms with E-state index in [0.29, 0.717) is 22.8 Å². The molecule has 0 bridgehead atoms. The summed E-state index contributed by atoms with van der Waals surface area (Å²) in [5, 5.41) is 2.24. The van der Waals surface area contributed by atoms with Crippen molar-refractivity contribution in [2.45, 2.75) is 31.9 Å². The predicted octanol–water partition coefficient (Wildman–Crippen LogP) is 2.82. The Bertz CT molecular complexity index is 380. The van der Waals surface area contributed by atoms with Gasteiger partial charge < -0.3 is 14.8 Å². The van der Waals surface area contributed by atoms with Crippen LogP contribution in [0, 0.1) is 0 Å². The molecule has 1 aromatic heterocycles. The molecule has 1 aromatic rings. The fourth-order valence-electron chi connectivity index (χ4n) is 1.56. The first-order valence-electron chi connectivity index (χ1n) is 5.75. The monoisotopic (exact) mass is 298 g/mol. The molecule has 0 amide bonds. The number of nitrogens with zero attached hydrogens (tertiary/aromatic N) is 1. The zero-order chi connectivity index (χ0) is 14.5. The molecule has 1 heterocycles. The highest BCUT2D eigenvalue weighted by Crippen LogP contribution is 2.35. The fourth-order valence-corrected chi connectivity index (χ4v) is 2.43. The molecule has 0 aromatic carbocycles. The molecule has 0 aliphatic heterocycles. The van der Waals surface area contributed by atoms with Crippen molar-refractivity contribution in [1.29, 1.82) is 0 Å². The Hall–Kier alpha value is -0.700. The van der Waals surface area contributed by atoms with E-state index in [-0.39, 0.29) is 0 Å². The number of hydrogen-bond acceptors (Lipinski definition) is 5. The number of hydrogen-bond donors (Lipinski definition) is 1. The maximum atomic E-state index is 12.5. The molecule has 0 aliphatic rings. The van der Waals surface area contributed by atoms with E-state index >= 15 is 0 Å². The Morgan fingerprint density at radius 2 is 2.00 bits per heavy atom. The predicted molar refractivity (Wildman–Crippen MR) is 66.0 cm³/mol. The Morgan fingerprint density at radius 3 is 2.42 bits per heavy atom. The minimum absolute atomic E-state index is 0.439. The van der Waals surface area contributed by atoms with E-state index in [9.17, 15) is 13.2 Å². The van der Waals surface area contributed by atoms with Gasteiger partial charge in [-0.2, -0.15) is 13.2 Å². The third kappa shape index (κ3) is 4.41. The van der Waals surface area contributed by atoms with Gasteiger partial charge in [0, 0.05) is 25.3 Å². The van der Waals surface area contributed by atoms with Crippen LogP contribution in [0.1, 0.15) is 29.3 Å². The molecule has 4 nitrogen and oxygen atoms in total. The largest absolute Gasteiger partial charge is 0.443 e. The molecule has 1 rings (SSSR count). The van der Waals surface area contributed by atoms with Crippen LogP contribution >= 0.6 is 11.3 Å². The van der Waals surface area contributed by atoms with Crippen molar-refractivity contribution in [3.05, 3.63) is 16.1 Å². The van der Waals surface area contributed by atoms with E-state index in [1.54, 1.807) is 0 Å². The lowest BCUT2D eigenvalue weighted by Gasteiger charge is -2.24. The number of alkyl halides is 3. The van der Waals surface area contributed by atoms with Gasteiger partial charge in [-0.25, -0.2) is 4.98 Å². The number of aromatic nitrogens is 1. The molecule has 0 radical (unpaired) electrons. The molecule has 1 unspecified atom stereocenters. The van der Waals surface area contributed by atoms with E-state index in [1.165, 1.54) is 20.4 Å². The third-order valence-corrected chi connectivity index (χ3v) is 3.55. The van der Waals surface area contributed by atoms with Gasteiger partial charge in [-0.05, 0) is 13.0 Å². The number of methoxy groups -OCH3 is 2. The number of halogens is 3. The molecule has 0 aliphatic carbocycles. The third-order valence-electron chi connectivity index (χ3n) is 2.42. The average molecular weight is 298 g/mol. The second-order valence-electron chi connectivity index (χ2n) is 3.84. The van der Waals surface area contributed by atoms with Crippen LogP contribution in [0.5, 0.6) is 0 Å². The van der Waals surface area contributed by atoms with E-state index in [4.69, 9.17) is 9.47 Å². The molecule has 19 heavy (non-hydrogen) atoms. The van der Waals surface area contributed by atoms with Crippen molar-refractivity contribution in [2.75, 3.05) is 20.8 Å². The molecule has 0 spiro atoms. The number of nitrogens with one attached hydrogen (secondary N) is 1. The summed E-state index contributed by atoms with van der Waals surface area (Å²) >= 11 is 0.599. The normalized spacial score (nSPS) is 14.1. The summed E-state index contributed by atoms with van der Waals surface area (Å²) in [6.45, 7) is 2.61. The van der Waals surface area contributed by atoms with Crippen LogP contribution in [-0.2, 0) is 15.7 Å². The summed E-state index contributed by atoms with van der Waals surface area (Å²) in [6.07, 6.45) is -3.02. The van der Waals surface area contributed by atoms with Crippen molar-refractivity contribution >= 4 is 11.3 Å². The number of thiazole rings is 1. The van der Waals surface area contributed by atoms with Gasteiger partial charge in [-0.15, -0.1) is 11.3 Å². The van der Waals surface area contributed by atoms with Crippen LogP contribution in [0.15, 0.2) is 6.20 Å². The Labute approximate surface area is 113 Å². The molecule has 1 atom stereocenters. The Balaban J connectivity index is 2.93. The zero-order valence-corrected chi connectivity index (χ0v) is 11.8. The first kappa shape index (κ1) is 16.4. The van der Waals surface area contributed by atoms with E-state index in [2.05, 4.69) is 10.3 Å². The molecule has 0 saturated carbocycles. The zero-order valence-electron chi connectivity index (χ0n) is 11.0. The quantitative estimate of drug-likeness (QED) is 0.786. The summed E-state index contributed by atoms with van der Waals surface area (Å²) in [5.41, 5.74) is 0. The molecular weight excluding hydrogens is 281 g/mol. The van der Waals surface area contributed by atoms with Crippen LogP contribution in [-0.4, -0.2) is 32.0 Å². The van der Waals surface area contributed by atoms with Crippen molar-refractivity contribution in [1.82, 2.24) is 10.3 Å².